The molecule has 0 amide bonds. The Morgan fingerprint density at radius 3 is 2.75 bits per heavy atom. The highest BCUT2D eigenvalue weighted by Gasteiger charge is 2.22. The third-order valence-electron chi connectivity index (χ3n) is 3.85. The molecule has 0 aromatic heterocycles. The lowest BCUT2D eigenvalue weighted by Crippen LogP contribution is -2.38. The number of ketones is 1. The molecule has 1 heterocycles. The predicted octanol–water partition coefficient (Wildman–Crippen LogP) is 2.58. The minimum atomic E-state index is -0.418. The molecular formula is C16H22FNO2. The van der Waals surface area contributed by atoms with Crippen molar-refractivity contribution in [2.75, 3.05) is 19.8 Å². The van der Waals surface area contributed by atoms with E-state index in [2.05, 4.69) is 5.32 Å². The Morgan fingerprint density at radius 1 is 1.45 bits per heavy atom. The van der Waals surface area contributed by atoms with Crippen LogP contribution >= 0.6 is 0 Å². The van der Waals surface area contributed by atoms with Crippen LogP contribution in [0.25, 0.3) is 0 Å². The van der Waals surface area contributed by atoms with Crippen LogP contribution < -0.4 is 5.32 Å². The minimum absolute atomic E-state index is 0.00712. The van der Waals surface area contributed by atoms with Gasteiger partial charge in [0.05, 0.1) is 5.92 Å². The maximum atomic E-state index is 14.0. The number of benzene rings is 1. The van der Waals surface area contributed by atoms with E-state index in [4.69, 9.17) is 4.74 Å². The maximum absolute atomic E-state index is 14.0. The van der Waals surface area contributed by atoms with Crippen molar-refractivity contribution in [2.24, 2.45) is 0 Å². The summed E-state index contributed by atoms with van der Waals surface area (Å²) >= 11 is 0. The van der Waals surface area contributed by atoms with Crippen molar-refractivity contribution in [3.05, 3.63) is 35.1 Å². The average Bonchev–Trinajstić information content (AvgIpc) is 2.42. The van der Waals surface area contributed by atoms with Gasteiger partial charge in [0.1, 0.15) is 11.6 Å². The number of Topliss-reactive ketones (excluding diaryl/α,β-unsaturated/α-hetero) is 1. The second kappa shape index (κ2) is 6.95. The van der Waals surface area contributed by atoms with E-state index in [-0.39, 0.29) is 11.6 Å². The Balaban J connectivity index is 2.04. The van der Waals surface area contributed by atoms with Gasteiger partial charge in [-0.3, -0.25) is 4.79 Å². The van der Waals surface area contributed by atoms with Gasteiger partial charge in [-0.05, 0) is 43.9 Å². The Morgan fingerprint density at radius 2 is 2.15 bits per heavy atom. The number of carbonyl (C=O) groups excluding carboxylic acids is 1. The van der Waals surface area contributed by atoms with Crippen LogP contribution in [0.2, 0.25) is 0 Å². The first-order chi connectivity index (χ1) is 9.58. The average molecular weight is 279 g/mol. The summed E-state index contributed by atoms with van der Waals surface area (Å²) in [6, 6.07) is 5.42. The van der Waals surface area contributed by atoms with E-state index < -0.39 is 5.92 Å². The summed E-state index contributed by atoms with van der Waals surface area (Å²) in [6.45, 7) is 5.36. The van der Waals surface area contributed by atoms with Crippen LogP contribution in [0.3, 0.4) is 0 Å². The number of hydrogen-bond acceptors (Lipinski definition) is 3. The van der Waals surface area contributed by atoms with Crippen molar-refractivity contribution in [2.45, 2.75) is 38.6 Å². The normalized spacial score (nSPS) is 17.9. The van der Waals surface area contributed by atoms with Gasteiger partial charge in [0.25, 0.3) is 0 Å². The first-order valence-corrected chi connectivity index (χ1v) is 7.15. The van der Waals surface area contributed by atoms with Crippen molar-refractivity contribution in [1.29, 1.82) is 0 Å². The first kappa shape index (κ1) is 15.1. The van der Waals surface area contributed by atoms with Gasteiger partial charge >= 0.3 is 0 Å². The van der Waals surface area contributed by atoms with Crippen molar-refractivity contribution < 1.29 is 13.9 Å². The van der Waals surface area contributed by atoms with Crippen molar-refractivity contribution >= 4 is 5.78 Å². The molecule has 3 nitrogen and oxygen atoms in total. The van der Waals surface area contributed by atoms with Gasteiger partial charge in [-0.25, -0.2) is 4.39 Å². The highest BCUT2D eigenvalue weighted by atomic mass is 19.1. The second-order valence-corrected chi connectivity index (χ2v) is 5.48. The van der Waals surface area contributed by atoms with Crippen molar-refractivity contribution in [1.82, 2.24) is 5.32 Å². The Hall–Kier alpha value is -1.26. The largest absolute Gasteiger partial charge is 0.381 e. The summed E-state index contributed by atoms with van der Waals surface area (Å²) in [6.07, 6.45) is 1.89. The summed E-state index contributed by atoms with van der Waals surface area (Å²) in [4.78, 5) is 11.8. The van der Waals surface area contributed by atoms with Crippen molar-refractivity contribution in [3.63, 3.8) is 0 Å². The standard InChI is InChI=1S/C16H22FNO2/c1-11-3-4-14(16(17)9-11)15(12(2)19)10-18-13-5-7-20-8-6-13/h3-4,9,13,15,18H,5-8,10H2,1-2H3/t15-/m0/s1. The summed E-state index contributed by atoms with van der Waals surface area (Å²) in [7, 11) is 0. The molecule has 110 valence electrons. The smallest absolute Gasteiger partial charge is 0.138 e. The highest BCUT2D eigenvalue weighted by molar-refractivity contribution is 5.83. The number of halogens is 1. The lowest BCUT2D eigenvalue weighted by molar-refractivity contribution is -0.118. The topological polar surface area (TPSA) is 38.3 Å². The molecule has 0 bridgehead atoms. The molecule has 1 aliphatic rings. The van der Waals surface area contributed by atoms with Gasteiger partial charge in [-0.1, -0.05) is 12.1 Å². The molecule has 20 heavy (non-hydrogen) atoms. The summed E-state index contributed by atoms with van der Waals surface area (Å²) in [5.74, 6) is -0.718. The number of carbonyl (C=O) groups is 1. The van der Waals surface area contributed by atoms with Crippen LogP contribution in [0.5, 0.6) is 0 Å². The summed E-state index contributed by atoms with van der Waals surface area (Å²) in [5, 5.41) is 3.38. The molecule has 0 saturated carbocycles. The Kier molecular flexibility index (Phi) is 5.26. The van der Waals surface area contributed by atoms with Crippen LogP contribution in [-0.4, -0.2) is 31.6 Å². The molecule has 2 rings (SSSR count). The van der Waals surface area contributed by atoms with E-state index in [0.29, 0.717) is 18.2 Å². The fourth-order valence-electron chi connectivity index (χ4n) is 2.57. The molecule has 0 spiro atoms. The molecule has 1 N–H and O–H groups in total. The maximum Gasteiger partial charge on any atom is 0.138 e. The number of nitrogens with one attached hydrogen (secondary N) is 1. The minimum Gasteiger partial charge on any atom is -0.381 e. The predicted molar refractivity (Wildman–Crippen MR) is 76.4 cm³/mol. The molecule has 1 aliphatic heterocycles. The summed E-state index contributed by atoms with van der Waals surface area (Å²) in [5.41, 5.74) is 1.36. The zero-order chi connectivity index (χ0) is 14.5. The van der Waals surface area contributed by atoms with Gasteiger partial charge in [0.2, 0.25) is 0 Å². The monoisotopic (exact) mass is 279 g/mol. The molecule has 4 heteroatoms. The molecule has 1 fully saturated rings. The van der Waals surface area contributed by atoms with Crippen LogP contribution in [0.15, 0.2) is 18.2 Å². The zero-order valence-electron chi connectivity index (χ0n) is 12.1. The van der Waals surface area contributed by atoms with E-state index in [1.54, 1.807) is 6.07 Å². The third-order valence-corrected chi connectivity index (χ3v) is 3.85. The SMILES string of the molecule is CC(=O)[C@H](CNC1CCOCC1)c1ccc(C)cc1F. The number of rotatable bonds is 5. The fourth-order valence-corrected chi connectivity index (χ4v) is 2.57. The van der Waals surface area contributed by atoms with Gasteiger partial charge in [0.15, 0.2) is 0 Å². The Labute approximate surface area is 119 Å². The highest BCUT2D eigenvalue weighted by Crippen LogP contribution is 2.21. The molecule has 1 aromatic carbocycles. The zero-order valence-corrected chi connectivity index (χ0v) is 12.1. The van der Waals surface area contributed by atoms with E-state index in [9.17, 15) is 9.18 Å². The lowest BCUT2D eigenvalue weighted by atomic mass is 9.93. The van der Waals surface area contributed by atoms with E-state index >= 15 is 0 Å². The Bertz CT molecular complexity index is 470. The van der Waals surface area contributed by atoms with Crippen LogP contribution in [0.1, 0.15) is 36.8 Å². The van der Waals surface area contributed by atoms with E-state index in [1.807, 2.05) is 13.0 Å². The van der Waals surface area contributed by atoms with Crippen molar-refractivity contribution in [3.8, 4) is 0 Å². The van der Waals surface area contributed by atoms with Crippen LogP contribution in [0.4, 0.5) is 4.39 Å². The van der Waals surface area contributed by atoms with Gasteiger partial charge < -0.3 is 10.1 Å². The molecule has 0 aliphatic carbocycles. The number of aryl methyl sites for hydroxylation is 1. The lowest BCUT2D eigenvalue weighted by Gasteiger charge is -2.25. The fraction of sp³-hybridized carbons (Fsp3) is 0.562. The quantitative estimate of drug-likeness (QED) is 0.900. The molecule has 0 unspecified atom stereocenters. The first-order valence-electron chi connectivity index (χ1n) is 7.15. The van der Waals surface area contributed by atoms with E-state index in [0.717, 1.165) is 31.6 Å². The summed E-state index contributed by atoms with van der Waals surface area (Å²) < 4.78 is 19.3. The number of ether oxygens (including phenoxy) is 1. The second-order valence-electron chi connectivity index (χ2n) is 5.48. The third kappa shape index (κ3) is 3.87. The van der Waals surface area contributed by atoms with E-state index in [1.165, 1.54) is 13.0 Å². The molecule has 0 radical (unpaired) electrons. The van der Waals surface area contributed by atoms with Gasteiger partial charge in [0, 0.05) is 25.8 Å². The molecule has 1 aromatic rings. The molecule has 1 atom stereocenters. The van der Waals surface area contributed by atoms with Gasteiger partial charge in [-0.15, -0.1) is 0 Å². The number of hydrogen-bond donors (Lipinski definition) is 1. The van der Waals surface area contributed by atoms with Gasteiger partial charge in [-0.2, -0.15) is 0 Å². The van der Waals surface area contributed by atoms with Crippen LogP contribution in [-0.2, 0) is 9.53 Å². The molecular weight excluding hydrogens is 257 g/mol. The van der Waals surface area contributed by atoms with Crippen LogP contribution in [0, 0.1) is 12.7 Å². The molecule has 1 saturated heterocycles.